The summed E-state index contributed by atoms with van der Waals surface area (Å²) in [6.07, 6.45) is 4.57. The van der Waals surface area contributed by atoms with E-state index in [-0.39, 0.29) is 19.5 Å². The molecule has 0 bridgehead atoms. The van der Waals surface area contributed by atoms with Crippen LogP contribution in [0.4, 0.5) is 0 Å². The topological polar surface area (TPSA) is 0 Å². The minimum Gasteiger partial charge on any atom is -0.369 e. The van der Waals surface area contributed by atoms with Crippen LogP contribution in [0, 0.1) is 19.3 Å². The Hall–Kier alpha value is 0.623. The van der Waals surface area contributed by atoms with Crippen LogP contribution in [0.5, 0.6) is 0 Å². The van der Waals surface area contributed by atoms with E-state index >= 15 is 0 Å². The van der Waals surface area contributed by atoms with Crippen LogP contribution < -0.4 is 0 Å². The molecular formula is C7H14Ru. The van der Waals surface area contributed by atoms with Gasteiger partial charge in [0.15, 0.2) is 0 Å². The Kier molecular flexibility index (Phi) is 10.9. The van der Waals surface area contributed by atoms with E-state index in [2.05, 4.69) is 27.2 Å². The molecule has 1 atom stereocenters. The molecule has 0 saturated heterocycles. The van der Waals surface area contributed by atoms with Gasteiger partial charge in [-0.15, -0.1) is 6.42 Å². The van der Waals surface area contributed by atoms with Gasteiger partial charge in [0, 0.05) is 0 Å². The molecule has 0 aromatic rings. The van der Waals surface area contributed by atoms with E-state index in [1.165, 1.54) is 6.42 Å². The molecule has 1 unspecified atom stereocenters. The third kappa shape index (κ3) is 6.62. The van der Waals surface area contributed by atoms with Gasteiger partial charge in [-0.05, 0) is 0 Å². The predicted octanol–water partition coefficient (Wildman–Crippen LogP) is 2.46. The molecule has 0 rings (SSSR count). The maximum absolute atomic E-state index is 3.89. The van der Waals surface area contributed by atoms with Gasteiger partial charge in [0.25, 0.3) is 0 Å². The average molecular weight is 199 g/mol. The summed E-state index contributed by atoms with van der Waals surface area (Å²) in [5, 5.41) is 0. The minimum absolute atomic E-state index is 0. The first-order chi connectivity index (χ1) is 3.31. The standard InChI is InChI=1S/C7H14.Ru/c1-4-6-7(3)5-2;/h6-7H,3-5H2,1-2H3;/q-2;+2. The summed E-state index contributed by atoms with van der Waals surface area (Å²) in [4.78, 5) is 0. The van der Waals surface area contributed by atoms with Gasteiger partial charge >= 0.3 is 19.5 Å². The molecule has 50 valence electrons. The Morgan fingerprint density at radius 3 is 2.12 bits per heavy atom. The Morgan fingerprint density at radius 1 is 1.50 bits per heavy atom. The third-order valence-corrected chi connectivity index (χ3v) is 1.09. The average Bonchev–Trinajstić information content (AvgIpc) is 1.68. The van der Waals surface area contributed by atoms with Crippen molar-refractivity contribution in [2.24, 2.45) is 5.92 Å². The Bertz CT molecular complexity index is 35.4. The van der Waals surface area contributed by atoms with Gasteiger partial charge in [-0.25, -0.2) is 0 Å². The summed E-state index contributed by atoms with van der Waals surface area (Å²) in [5.74, 6) is 0.574. The molecule has 0 aliphatic rings. The largest absolute Gasteiger partial charge is 2.00 e. The fourth-order valence-corrected chi connectivity index (χ4v) is 0.500. The van der Waals surface area contributed by atoms with Crippen LogP contribution in [0.15, 0.2) is 0 Å². The first-order valence-corrected chi connectivity index (χ1v) is 2.97. The van der Waals surface area contributed by atoms with Crippen LogP contribution in [0.1, 0.15) is 26.7 Å². The fraction of sp³-hybridized carbons (Fsp3) is 0.714. The van der Waals surface area contributed by atoms with Gasteiger partial charge < -0.3 is 19.3 Å². The van der Waals surface area contributed by atoms with Crippen molar-refractivity contribution in [1.29, 1.82) is 0 Å². The summed E-state index contributed by atoms with van der Waals surface area (Å²) >= 11 is 0. The van der Waals surface area contributed by atoms with Crippen molar-refractivity contribution in [1.82, 2.24) is 0 Å². The summed E-state index contributed by atoms with van der Waals surface area (Å²) in [6.45, 7) is 8.19. The van der Waals surface area contributed by atoms with Crippen molar-refractivity contribution in [3.05, 3.63) is 13.3 Å². The molecule has 0 N–H and O–H groups in total. The number of hydrogen-bond acceptors (Lipinski definition) is 0. The zero-order valence-electron chi connectivity index (χ0n) is 5.63. The molecular weight excluding hydrogens is 185 g/mol. The van der Waals surface area contributed by atoms with Crippen LogP contribution in [-0.4, -0.2) is 0 Å². The Balaban J connectivity index is 0. The van der Waals surface area contributed by atoms with Gasteiger partial charge in [-0.1, -0.05) is 13.8 Å². The smallest absolute Gasteiger partial charge is 0.369 e. The first kappa shape index (κ1) is 11.4. The monoisotopic (exact) mass is 200 g/mol. The molecule has 0 saturated carbocycles. The molecule has 0 radical (unpaired) electrons. The minimum atomic E-state index is 0. The summed E-state index contributed by atoms with van der Waals surface area (Å²) < 4.78 is 0. The molecule has 0 aromatic carbocycles. The Morgan fingerprint density at radius 2 is 2.00 bits per heavy atom. The summed E-state index contributed by atoms with van der Waals surface area (Å²) in [6, 6.07) is 0. The van der Waals surface area contributed by atoms with Crippen molar-refractivity contribution in [2.45, 2.75) is 26.7 Å². The maximum atomic E-state index is 3.89. The molecule has 8 heavy (non-hydrogen) atoms. The van der Waals surface area contributed by atoms with E-state index in [0.29, 0.717) is 5.92 Å². The van der Waals surface area contributed by atoms with E-state index < -0.39 is 0 Å². The molecule has 0 nitrogen and oxygen atoms in total. The normalized spacial score (nSPS) is 12.4. The Labute approximate surface area is 65.8 Å². The summed E-state index contributed by atoms with van der Waals surface area (Å²) in [5.41, 5.74) is 0. The molecule has 0 aliphatic carbocycles. The van der Waals surface area contributed by atoms with Gasteiger partial charge in [-0.3, -0.25) is 0 Å². The number of rotatable bonds is 3. The predicted molar refractivity (Wildman–Crippen MR) is 33.7 cm³/mol. The van der Waals surface area contributed by atoms with E-state index in [4.69, 9.17) is 0 Å². The van der Waals surface area contributed by atoms with Crippen molar-refractivity contribution in [3.8, 4) is 0 Å². The van der Waals surface area contributed by atoms with Crippen LogP contribution in [-0.2, 0) is 19.5 Å². The van der Waals surface area contributed by atoms with Crippen molar-refractivity contribution in [3.63, 3.8) is 0 Å². The molecule has 0 heterocycles. The van der Waals surface area contributed by atoms with Crippen molar-refractivity contribution >= 4 is 0 Å². The van der Waals surface area contributed by atoms with Crippen LogP contribution >= 0.6 is 0 Å². The molecule has 1 heteroatoms. The molecule has 0 amide bonds. The molecule has 0 spiro atoms. The van der Waals surface area contributed by atoms with Crippen molar-refractivity contribution < 1.29 is 19.5 Å². The molecule has 0 fully saturated rings. The SMILES string of the molecule is [CH2-]C([CH-]CC)CC.[Ru+2]. The van der Waals surface area contributed by atoms with E-state index in [1.807, 2.05) is 0 Å². The second-order valence-electron chi connectivity index (χ2n) is 1.81. The zero-order valence-corrected chi connectivity index (χ0v) is 7.37. The van der Waals surface area contributed by atoms with E-state index in [0.717, 1.165) is 6.42 Å². The third-order valence-electron chi connectivity index (χ3n) is 1.09. The van der Waals surface area contributed by atoms with Gasteiger partial charge in [0.2, 0.25) is 0 Å². The quantitative estimate of drug-likeness (QED) is 0.484. The van der Waals surface area contributed by atoms with Crippen molar-refractivity contribution in [2.75, 3.05) is 0 Å². The van der Waals surface area contributed by atoms with Gasteiger partial charge in [0.1, 0.15) is 0 Å². The second kappa shape index (κ2) is 7.62. The fourth-order valence-electron chi connectivity index (χ4n) is 0.500. The molecule has 0 aliphatic heterocycles. The summed E-state index contributed by atoms with van der Waals surface area (Å²) in [7, 11) is 0. The second-order valence-corrected chi connectivity index (χ2v) is 1.81. The van der Waals surface area contributed by atoms with Crippen LogP contribution in [0.3, 0.4) is 0 Å². The zero-order chi connectivity index (χ0) is 5.70. The van der Waals surface area contributed by atoms with Crippen LogP contribution in [0.25, 0.3) is 0 Å². The van der Waals surface area contributed by atoms with Gasteiger partial charge in [0.05, 0.1) is 0 Å². The van der Waals surface area contributed by atoms with Crippen LogP contribution in [0.2, 0.25) is 0 Å². The molecule has 0 aromatic heterocycles. The first-order valence-electron chi connectivity index (χ1n) is 2.97. The maximum Gasteiger partial charge on any atom is 2.00 e. The van der Waals surface area contributed by atoms with E-state index in [1.54, 1.807) is 0 Å². The van der Waals surface area contributed by atoms with Gasteiger partial charge in [-0.2, -0.15) is 6.42 Å². The number of hydrogen-bond donors (Lipinski definition) is 0. The van der Waals surface area contributed by atoms with E-state index in [9.17, 15) is 0 Å².